The van der Waals surface area contributed by atoms with E-state index in [4.69, 9.17) is 4.74 Å². The van der Waals surface area contributed by atoms with E-state index < -0.39 is 0 Å². The summed E-state index contributed by atoms with van der Waals surface area (Å²) in [5.41, 5.74) is 1.12. The van der Waals surface area contributed by atoms with Gasteiger partial charge in [-0.15, -0.1) is 0 Å². The Hall–Kier alpha value is 0.1000. The van der Waals surface area contributed by atoms with Gasteiger partial charge in [-0.2, -0.15) is 0 Å². The van der Waals surface area contributed by atoms with Gasteiger partial charge in [-0.1, -0.05) is 13.8 Å². The number of rotatable bonds is 0. The maximum absolute atomic E-state index is 12.0. The van der Waals surface area contributed by atoms with E-state index in [0.29, 0.717) is 12.2 Å². The van der Waals surface area contributed by atoms with Crippen LogP contribution in [0.1, 0.15) is 40.0 Å². The number of hydrogen-bond donors (Lipinski definition) is 0. The number of ketones is 1. The monoisotopic (exact) mass is 320 g/mol. The molecule has 1 saturated heterocycles. The first-order valence-corrected chi connectivity index (χ1v) is 6.58. The van der Waals surface area contributed by atoms with Gasteiger partial charge in [0.2, 0.25) is 0 Å². The number of fused-ring (bicyclic) bond motifs is 1. The van der Waals surface area contributed by atoms with Crippen LogP contribution >= 0.6 is 22.6 Å². The lowest BCUT2D eigenvalue weighted by molar-refractivity contribution is -0.126. The highest BCUT2D eigenvalue weighted by Gasteiger charge is 2.40. The van der Waals surface area contributed by atoms with Crippen molar-refractivity contribution in [2.45, 2.75) is 52.2 Å². The van der Waals surface area contributed by atoms with Crippen molar-refractivity contribution in [2.75, 3.05) is 0 Å². The largest absolute Gasteiger partial charge is 0.370 e. The minimum Gasteiger partial charge on any atom is -0.370 e. The molecule has 0 aromatic carbocycles. The van der Waals surface area contributed by atoms with E-state index in [-0.39, 0.29) is 17.6 Å². The van der Waals surface area contributed by atoms with E-state index in [2.05, 4.69) is 36.4 Å². The zero-order valence-corrected chi connectivity index (χ0v) is 11.6. The molecular formula is C12H17IO2. The van der Waals surface area contributed by atoms with Gasteiger partial charge in [-0.3, -0.25) is 4.79 Å². The molecular weight excluding hydrogens is 303 g/mol. The van der Waals surface area contributed by atoms with Gasteiger partial charge in [0, 0.05) is 15.6 Å². The van der Waals surface area contributed by atoms with E-state index in [1.165, 1.54) is 3.58 Å². The Morgan fingerprint density at radius 3 is 2.80 bits per heavy atom. The Balaban J connectivity index is 2.40. The van der Waals surface area contributed by atoms with Crippen molar-refractivity contribution in [3.8, 4) is 0 Å². The predicted octanol–water partition coefficient (Wildman–Crippen LogP) is 3.24. The van der Waals surface area contributed by atoms with Crippen molar-refractivity contribution in [2.24, 2.45) is 5.41 Å². The lowest BCUT2D eigenvalue weighted by Crippen LogP contribution is -2.39. The number of allylic oxidation sites excluding steroid dienone is 1. The van der Waals surface area contributed by atoms with Crippen molar-refractivity contribution < 1.29 is 9.53 Å². The number of carbonyl (C=O) groups is 1. The fraction of sp³-hybridized carbons (Fsp3) is 0.750. The van der Waals surface area contributed by atoms with Gasteiger partial charge in [0.25, 0.3) is 0 Å². The molecule has 0 aromatic rings. The third kappa shape index (κ3) is 2.00. The molecule has 0 spiro atoms. The highest BCUT2D eigenvalue weighted by molar-refractivity contribution is 14.1. The van der Waals surface area contributed by atoms with E-state index in [9.17, 15) is 4.79 Å². The fourth-order valence-electron chi connectivity index (χ4n) is 2.39. The first-order chi connectivity index (χ1) is 6.92. The SMILES string of the molecule is C[C@H]1CC(=O)C2=C(I)C(C)(C)CC[C@@H]2O1. The fourth-order valence-corrected chi connectivity index (χ4v) is 3.31. The lowest BCUT2D eigenvalue weighted by Gasteiger charge is -2.40. The van der Waals surface area contributed by atoms with Crippen molar-refractivity contribution >= 4 is 28.4 Å². The molecule has 84 valence electrons. The molecule has 1 aliphatic heterocycles. The van der Waals surface area contributed by atoms with Gasteiger partial charge >= 0.3 is 0 Å². The van der Waals surface area contributed by atoms with Crippen LogP contribution in [0, 0.1) is 5.41 Å². The van der Waals surface area contributed by atoms with Crippen molar-refractivity contribution in [3.05, 3.63) is 9.15 Å². The number of ether oxygens (including phenoxy) is 1. The second-order valence-electron chi connectivity index (χ2n) is 5.21. The molecule has 15 heavy (non-hydrogen) atoms. The van der Waals surface area contributed by atoms with E-state index in [1.807, 2.05) is 6.92 Å². The zero-order chi connectivity index (χ0) is 11.2. The van der Waals surface area contributed by atoms with Crippen molar-refractivity contribution in [1.29, 1.82) is 0 Å². The maximum Gasteiger partial charge on any atom is 0.164 e. The summed E-state index contributed by atoms with van der Waals surface area (Å²) in [4.78, 5) is 12.0. The molecule has 2 aliphatic rings. The normalized spacial score (nSPS) is 35.3. The summed E-state index contributed by atoms with van der Waals surface area (Å²) in [6.07, 6.45) is 2.82. The topological polar surface area (TPSA) is 26.3 Å². The summed E-state index contributed by atoms with van der Waals surface area (Å²) >= 11 is 2.34. The van der Waals surface area contributed by atoms with Gasteiger partial charge in [-0.25, -0.2) is 0 Å². The third-order valence-electron chi connectivity index (χ3n) is 3.35. The van der Waals surface area contributed by atoms with Gasteiger partial charge in [0.05, 0.1) is 12.2 Å². The number of carbonyl (C=O) groups excluding carboxylic acids is 1. The number of halogens is 1. The molecule has 0 unspecified atom stereocenters. The quantitative estimate of drug-likeness (QED) is 0.641. The van der Waals surface area contributed by atoms with Crippen LogP contribution in [0.3, 0.4) is 0 Å². The number of Topliss-reactive ketones (excluding diaryl/α,β-unsaturated/α-hetero) is 1. The molecule has 0 saturated carbocycles. The van der Waals surface area contributed by atoms with Crippen LogP contribution in [-0.4, -0.2) is 18.0 Å². The Bertz CT molecular complexity index is 331. The standard InChI is InChI=1S/C12H17IO2/c1-7-6-8(14)10-9(15-7)4-5-12(2,3)11(10)13/h7,9H,4-6H2,1-3H3/t7-,9-/m0/s1. The smallest absolute Gasteiger partial charge is 0.164 e. The minimum atomic E-state index is 0.0705. The van der Waals surface area contributed by atoms with Crippen LogP contribution in [0.25, 0.3) is 0 Å². The summed E-state index contributed by atoms with van der Waals surface area (Å²) in [5.74, 6) is 0.302. The second-order valence-corrected chi connectivity index (χ2v) is 6.29. The lowest BCUT2D eigenvalue weighted by atomic mass is 9.76. The molecule has 3 heteroatoms. The molecule has 1 heterocycles. The predicted molar refractivity (Wildman–Crippen MR) is 68.0 cm³/mol. The van der Waals surface area contributed by atoms with E-state index in [1.54, 1.807) is 0 Å². The summed E-state index contributed by atoms with van der Waals surface area (Å²) in [6.45, 7) is 6.41. The summed E-state index contributed by atoms with van der Waals surface area (Å²) < 4.78 is 7.06. The van der Waals surface area contributed by atoms with Crippen LogP contribution in [0.15, 0.2) is 9.15 Å². The van der Waals surface area contributed by atoms with E-state index >= 15 is 0 Å². The zero-order valence-electron chi connectivity index (χ0n) is 9.47. The molecule has 2 rings (SSSR count). The van der Waals surface area contributed by atoms with Crippen LogP contribution in [-0.2, 0) is 9.53 Å². The molecule has 2 atom stereocenters. The molecule has 1 fully saturated rings. The summed E-state index contributed by atoms with van der Waals surface area (Å²) in [7, 11) is 0. The van der Waals surface area contributed by atoms with Crippen LogP contribution < -0.4 is 0 Å². The van der Waals surface area contributed by atoms with Gasteiger partial charge in [0.15, 0.2) is 5.78 Å². The van der Waals surface area contributed by atoms with Crippen LogP contribution in [0.2, 0.25) is 0 Å². The van der Waals surface area contributed by atoms with E-state index in [0.717, 1.165) is 18.4 Å². The Kier molecular flexibility index (Phi) is 2.97. The molecule has 0 N–H and O–H groups in total. The first-order valence-electron chi connectivity index (χ1n) is 5.50. The van der Waals surface area contributed by atoms with Crippen molar-refractivity contribution in [1.82, 2.24) is 0 Å². The molecule has 0 amide bonds. The van der Waals surface area contributed by atoms with Gasteiger partial charge in [-0.05, 0) is 47.8 Å². The molecule has 0 radical (unpaired) electrons. The molecule has 0 bridgehead atoms. The first kappa shape index (κ1) is 11.6. The Morgan fingerprint density at radius 2 is 2.13 bits per heavy atom. The van der Waals surface area contributed by atoms with Crippen LogP contribution in [0.4, 0.5) is 0 Å². The average Bonchev–Trinajstić information content (AvgIpc) is 2.11. The minimum absolute atomic E-state index is 0.0705. The Morgan fingerprint density at radius 1 is 1.47 bits per heavy atom. The summed E-state index contributed by atoms with van der Waals surface area (Å²) in [5, 5.41) is 0. The molecule has 1 aliphatic carbocycles. The van der Waals surface area contributed by atoms with Gasteiger partial charge < -0.3 is 4.74 Å². The van der Waals surface area contributed by atoms with Gasteiger partial charge in [0.1, 0.15) is 0 Å². The van der Waals surface area contributed by atoms with Crippen molar-refractivity contribution in [3.63, 3.8) is 0 Å². The second kappa shape index (κ2) is 3.84. The third-order valence-corrected chi connectivity index (χ3v) is 5.40. The highest BCUT2D eigenvalue weighted by atomic mass is 127. The number of hydrogen-bond acceptors (Lipinski definition) is 2. The molecule has 2 nitrogen and oxygen atoms in total. The maximum atomic E-state index is 12.0. The highest BCUT2D eigenvalue weighted by Crippen LogP contribution is 2.46. The summed E-state index contributed by atoms with van der Waals surface area (Å²) in [6, 6.07) is 0. The molecule has 0 aromatic heterocycles. The Labute approximate surface area is 105 Å². The van der Waals surface area contributed by atoms with Crippen LogP contribution in [0.5, 0.6) is 0 Å². The average molecular weight is 320 g/mol.